The molecule has 8 heteroatoms. The van der Waals surface area contributed by atoms with Crippen molar-refractivity contribution < 1.29 is 19.4 Å². The second-order valence-electron chi connectivity index (χ2n) is 3.32. The fourth-order valence-corrected chi connectivity index (χ4v) is 1.99. The highest BCUT2D eigenvalue weighted by molar-refractivity contribution is 9.12. The van der Waals surface area contributed by atoms with E-state index in [1.807, 2.05) is 6.92 Å². The summed E-state index contributed by atoms with van der Waals surface area (Å²) in [5.74, 6) is -0.124. The van der Waals surface area contributed by atoms with E-state index in [1.165, 1.54) is 0 Å². The van der Waals surface area contributed by atoms with Gasteiger partial charge in [-0.15, -0.1) is 4.33 Å². The summed E-state index contributed by atoms with van der Waals surface area (Å²) in [5.41, 5.74) is 1.58. The van der Waals surface area contributed by atoms with Crippen molar-refractivity contribution in [3.63, 3.8) is 0 Å². The minimum absolute atomic E-state index is 0.124. The first-order chi connectivity index (χ1) is 8.58. The highest BCUT2D eigenvalue weighted by Crippen LogP contribution is 2.26. The second kappa shape index (κ2) is 8.13. The summed E-state index contributed by atoms with van der Waals surface area (Å²) in [7, 11) is 0. The summed E-state index contributed by atoms with van der Waals surface area (Å²) in [6.07, 6.45) is 0. The van der Waals surface area contributed by atoms with Gasteiger partial charge in [0.2, 0.25) is 5.91 Å². The molecule has 0 aliphatic carbocycles. The van der Waals surface area contributed by atoms with Gasteiger partial charge in [0.15, 0.2) is 0 Å². The maximum absolute atomic E-state index is 11.6. The van der Waals surface area contributed by atoms with Crippen LogP contribution in [0.4, 0.5) is 5.69 Å². The van der Waals surface area contributed by atoms with E-state index in [1.54, 1.807) is 18.2 Å². The van der Waals surface area contributed by atoms with Crippen molar-refractivity contribution in [2.24, 2.45) is 0 Å². The van der Waals surface area contributed by atoms with Crippen LogP contribution in [0, 0.1) is 6.92 Å². The zero-order chi connectivity index (χ0) is 13.5. The molecule has 0 bridgehead atoms. The number of aryl methyl sites for hydroxylation is 1. The average molecular weight is 401 g/mol. The lowest BCUT2D eigenvalue weighted by Crippen LogP contribution is -2.23. The van der Waals surface area contributed by atoms with Crippen molar-refractivity contribution in [1.82, 2.24) is 0 Å². The fourth-order valence-electron chi connectivity index (χ4n) is 1.16. The average Bonchev–Trinajstić information content (AvgIpc) is 2.36. The smallest absolute Gasteiger partial charge is 0.239 e. The van der Waals surface area contributed by atoms with E-state index in [-0.39, 0.29) is 10.7 Å². The number of halogens is 2. The first-order valence-corrected chi connectivity index (χ1v) is 7.62. The van der Waals surface area contributed by atoms with Crippen molar-refractivity contribution in [3.8, 4) is 0 Å². The molecule has 18 heavy (non-hydrogen) atoms. The van der Waals surface area contributed by atoms with E-state index in [0.29, 0.717) is 11.0 Å². The van der Waals surface area contributed by atoms with Crippen LogP contribution in [0.5, 0.6) is 0 Å². The van der Waals surface area contributed by atoms with Gasteiger partial charge >= 0.3 is 0 Å². The number of anilines is 1. The van der Waals surface area contributed by atoms with E-state index in [0.717, 1.165) is 22.5 Å². The van der Waals surface area contributed by atoms with Crippen LogP contribution in [0.1, 0.15) is 5.56 Å². The van der Waals surface area contributed by atoms with Crippen LogP contribution in [0.15, 0.2) is 23.1 Å². The van der Waals surface area contributed by atoms with Crippen LogP contribution >= 0.6 is 43.9 Å². The van der Waals surface area contributed by atoms with Gasteiger partial charge < -0.3 is 5.32 Å². The van der Waals surface area contributed by atoms with Crippen molar-refractivity contribution in [1.29, 1.82) is 0 Å². The van der Waals surface area contributed by atoms with E-state index in [4.69, 9.17) is 5.26 Å². The largest absolute Gasteiger partial charge is 0.325 e. The molecular weight excluding hydrogens is 390 g/mol. The molecule has 100 valence electrons. The molecule has 0 saturated heterocycles. The molecule has 0 aliphatic heterocycles. The summed E-state index contributed by atoms with van der Waals surface area (Å²) >= 11 is 7.34. The molecule has 0 radical (unpaired) electrons. The number of hydrogen-bond donors (Lipinski definition) is 2. The van der Waals surface area contributed by atoms with Crippen LogP contribution in [-0.2, 0) is 14.2 Å². The van der Waals surface area contributed by atoms with Gasteiger partial charge in [0.25, 0.3) is 0 Å². The van der Waals surface area contributed by atoms with Gasteiger partial charge in [0, 0.05) is 15.9 Å². The van der Waals surface area contributed by atoms with E-state index < -0.39 is 0 Å². The topological polar surface area (TPSA) is 67.8 Å². The Labute approximate surface area is 126 Å². The molecule has 1 amide bonds. The zero-order valence-corrected chi connectivity index (χ0v) is 13.3. The standard InChI is InChI=1S/C10H11Br2NO4S/c1-6-4-7(13-10(14)8(12)5-11)2-3-9(6)18-17-16-15/h2-4,8,15H,5H2,1H3,(H,13,14). The molecule has 0 saturated carbocycles. The minimum atomic E-state index is -0.280. The quantitative estimate of drug-likeness (QED) is 0.331. The summed E-state index contributed by atoms with van der Waals surface area (Å²) in [5, 5.41) is 14.9. The number of alkyl halides is 2. The third-order valence-electron chi connectivity index (χ3n) is 2.02. The van der Waals surface area contributed by atoms with Gasteiger partial charge in [-0.3, -0.25) is 4.79 Å². The Morgan fingerprint density at radius 3 is 2.89 bits per heavy atom. The number of hydrogen-bond acceptors (Lipinski definition) is 5. The Hall–Kier alpha value is -0.120. The van der Waals surface area contributed by atoms with Gasteiger partial charge in [0.1, 0.15) is 4.83 Å². The first-order valence-electron chi connectivity index (χ1n) is 4.84. The van der Waals surface area contributed by atoms with Crippen LogP contribution in [0.2, 0.25) is 0 Å². The van der Waals surface area contributed by atoms with E-state index in [2.05, 4.69) is 46.5 Å². The molecule has 1 aromatic rings. The number of carbonyl (C=O) groups is 1. The van der Waals surface area contributed by atoms with E-state index in [9.17, 15) is 4.79 Å². The predicted molar refractivity (Wildman–Crippen MR) is 77.0 cm³/mol. The van der Waals surface area contributed by atoms with Crippen molar-refractivity contribution in [2.75, 3.05) is 10.6 Å². The van der Waals surface area contributed by atoms with E-state index >= 15 is 0 Å². The molecule has 0 heterocycles. The van der Waals surface area contributed by atoms with Crippen LogP contribution in [-0.4, -0.2) is 21.3 Å². The summed E-state index contributed by atoms with van der Waals surface area (Å²) < 4.78 is 4.35. The number of nitrogens with one attached hydrogen (secondary N) is 1. The van der Waals surface area contributed by atoms with Gasteiger partial charge in [-0.1, -0.05) is 36.9 Å². The van der Waals surface area contributed by atoms with Gasteiger partial charge in [-0.2, -0.15) is 0 Å². The number of carbonyl (C=O) groups excluding carboxylic acids is 1. The molecule has 1 unspecified atom stereocenters. The predicted octanol–water partition coefficient (Wildman–Crippen LogP) is 3.52. The SMILES string of the molecule is Cc1cc(NC(=O)C(Br)CBr)ccc1SOOO. The van der Waals surface area contributed by atoms with Crippen molar-refractivity contribution >= 4 is 55.5 Å². The van der Waals surface area contributed by atoms with Gasteiger partial charge in [-0.05, 0) is 30.7 Å². The Morgan fingerprint density at radius 1 is 1.61 bits per heavy atom. The second-order valence-corrected chi connectivity index (χ2v) is 5.81. The molecule has 2 N–H and O–H groups in total. The third-order valence-corrected chi connectivity index (χ3v) is 5.04. The Morgan fingerprint density at radius 2 is 2.33 bits per heavy atom. The number of rotatable bonds is 6. The van der Waals surface area contributed by atoms with Gasteiger partial charge in [0.05, 0.1) is 12.0 Å². The molecule has 1 aromatic carbocycles. The summed E-state index contributed by atoms with van der Waals surface area (Å²) in [6, 6.07) is 5.29. The molecule has 0 fully saturated rings. The normalized spacial score (nSPS) is 12.2. The van der Waals surface area contributed by atoms with Crippen LogP contribution in [0.25, 0.3) is 0 Å². The lowest BCUT2D eigenvalue weighted by molar-refractivity contribution is -0.432. The lowest BCUT2D eigenvalue weighted by Gasteiger charge is -2.10. The first kappa shape index (κ1) is 15.9. The minimum Gasteiger partial charge on any atom is -0.325 e. The Kier molecular flexibility index (Phi) is 7.20. The summed E-state index contributed by atoms with van der Waals surface area (Å²) in [6.45, 7) is 1.86. The number of amides is 1. The maximum Gasteiger partial charge on any atom is 0.239 e. The van der Waals surface area contributed by atoms with Crippen LogP contribution < -0.4 is 5.32 Å². The lowest BCUT2D eigenvalue weighted by atomic mass is 10.2. The molecule has 1 atom stereocenters. The Bertz CT molecular complexity index is 419. The molecule has 1 rings (SSSR count). The summed E-state index contributed by atoms with van der Waals surface area (Å²) in [4.78, 5) is 12.1. The maximum atomic E-state index is 11.6. The zero-order valence-electron chi connectivity index (χ0n) is 9.35. The molecule has 0 spiro atoms. The monoisotopic (exact) mass is 399 g/mol. The molecule has 0 aliphatic rings. The molecule has 5 nitrogen and oxygen atoms in total. The third kappa shape index (κ3) is 4.87. The van der Waals surface area contributed by atoms with Crippen molar-refractivity contribution in [3.05, 3.63) is 23.8 Å². The van der Waals surface area contributed by atoms with Gasteiger partial charge in [-0.25, -0.2) is 5.26 Å². The molecular formula is C10H11Br2NO4S. The van der Waals surface area contributed by atoms with Crippen molar-refractivity contribution in [2.45, 2.75) is 16.6 Å². The highest BCUT2D eigenvalue weighted by atomic mass is 79.9. The fraction of sp³-hybridized carbons (Fsp3) is 0.300. The van der Waals surface area contributed by atoms with Crippen LogP contribution in [0.3, 0.4) is 0 Å². The Balaban J connectivity index is 2.69. The number of benzene rings is 1. The highest BCUT2D eigenvalue weighted by Gasteiger charge is 2.13. The molecule has 0 aromatic heterocycles.